The quantitative estimate of drug-likeness (QED) is 0.871. The Morgan fingerprint density at radius 2 is 2.29 bits per heavy atom. The van der Waals surface area contributed by atoms with Crippen molar-refractivity contribution in [1.82, 2.24) is 25.6 Å². The van der Waals surface area contributed by atoms with Crippen molar-refractivity contribution in [2.45, 2.75) is 52.1 Å². The number of rotatable bonds is 4. The van der Waals surface area contributed by atoms with Gasteiger partial charge in [-0.05, 0) is 25.2 Å². The van der Waals surface area contributed by atoms with Crippen LogP contribution in [0.1, 0.15) is 44.7 Å². The number of carbonyl (C=O) groups excluding carboxylic acids is 1. The van der Waals surface area contributed by atoms with Gasteiger partial charge in [-0.15, -0.1) is 5.10 Å². The Hall–Kier alpha value is -1.43. The van der Waals surface area contributed by atoms with E-state index >= 15 is 0 Å². The molecule has 1 spiro atoms. The highest BCUT2D eigenvalue weighted by molar-refractivity contribution is 5.80. The van der Waals surface area contributed by atoms with Crippen LogP contribution in [0.4, 0.5) is 0 Å². The van der Waals surface area contributed by atoms with Crippen molar-refractivity contribution in [1.29, 1.82) is 0 Å². The predicted octanol–water partition coefficient (Wildman–Crippen LogP) is 1.08. The van der Waals surface area contributed by atoms with Gasteiger partial charge in [-0.3, -0.25) is 4.79 Å². The summed E-state index contributed by atoms with van der Waals surface area (Å²) in [4.78, 5) is 12.6. The minimum absolute atomic E-state index is 0.115. The van der Waals surface area contributed by atoms with Crippen LogP contribution in [0, 0.1) is 11.3 Å². The number of hydrogen-bond donors (Lipinski definition) is 2. The molecule has 21 heavy (non-hydrogen) atoms. The van der Waals surface area contributed by atoms with Crippen molar-refractivity contribution in [3.8, 4) is 0 Å². The first-order chi connectivity index (χ1) is 10.2. The van der Waals surface area contributed by atoms with Crippen molar-refractivity contribution >= 4 is 5.91 Å². The third-order valence-corrected chi connectivity index (χ3v) is 5.17. The SMILES string of the molecule is CCn1nncc1CNC(=O)C1CNCC12CCCCC2. The van der Waals surface area contributed by atoms with Gasteiger partial charge in [-0.1, -0.05) is 24.5 Å². The number of aromatic nitrogens is 3. The number of carbonyl (C=O) groups is 1. The van der Waals surface area contributed by atoms with Crippen LogP contribution < -0.4 is 10.6 Å². The Morgan fingerprint density at radius 1 is 1.48 bits per heavy atom. The molecule has 1 atom stereocenters. The van der Waals surface area contributed by atoms with Gasteiger partial charge in [0.2, 0.25) is 5.91 Å². The van der Waals surface area contributed by atoms with Crippen molar-refractivity contribution in [2.24, 2.45) is 11.3 Å². The molecule has 2 heterocycles. The Labute approximate surface area is 125 Å². The van der Waals surface area contributed by atoms with Crippen molar-refractivity contribution in [3.63, 3.8) is 0 Å². The van der Waals surface area contributed by atoms with Crippen LogP contribution in [0.3, 0.4) is 0 Å². The van der Waals surface area contributed by atoms with Gasteiger partial charge in [-0.2, -0.15) is 0 Å². The van der Waals surface area contributed by atoms with Crippen molar-refractivity contribution < 1.29 is 4.79 Å². The number of aryl methyl sites for hydroxylation is 1. The normalized spacial score (nSPS) is 24.3. The second-order valence-electron chi connectivity index (χ2n) is 6.37. The summed E-state index contributed by atoms with van der Waals surface area (Å²) in [6, 6.07) is 0. The molecule has 0 bridgehead atoms. The molecule has 6 nitrogen and oxygen atoms in total. The molecule has 1 aromatic rings. The Morgan fingerprint density at radius 3 is 3.05 bits per heavy atom. The van der Waals surface area contributed by atoms with Crippen LogP contribution in [0.15, 0.2) is 6.20 Å². The summed E-state index contributed by atoms with van der Waals surface area (Å²) < 4.78 is 1.82. The van der Waals surface area contributed by atoms with Crippen molar-refractivity contribution in [2.75, 3.05) is 13.1 Å². The minimum Gasteiger partial charge on any atom is -0.350 e. The van der Waals surface area contributed by atoms with Crippen LogP contribution in [-0.2, 0) is 17.9 Å². The van der Waals surface area contributed by atoms with E-state index in [9.17, 15) is 4.79 Å². The average Bonchev–Trinajstić information content (AvgIpc) is 3.12. The van der Waals surface area contributed by atoms with Crippen LogP contribution in [-0.4, -0.2) is 34.0 Å². The summed E-state index contributed by atoms with van der Waals surface area (Å²) in [5, 5.41) is 14.4. The van der Waals surface area contributed by atoms with Gasteiger partial charge in [-0.25, -0.2) is 4.68 Å². The summed E-state index contributed by atoms with van der Waals surface area (Å²) in [6.07, 6.45) is 7.94. The zero-order valence-electron chi connectivity index (χ0n) is 12.8. The Bertz CT molecular complexity index is 492. The van der Waals surface area contributed by atoms with E-state index in [0.717, 1.165) is 25.3 Å². The molecule has 3 rings (SSSR count). The smallest absolute Gasteiger partial charge is 0.225 e. The summed E-state index contributed by atoms with van der Waals surface area (Å²) in [5.74, 6) is 0.300. The molecular weight excluding hydrogens is 266 g/mol. The zero-order chi connectivity index (χ0) is 14.7. The molecule has 6 heteroatoms. The fraction of sp³-hybridized carbons (Fsp3) is 0.800. The molecule has 1 saturated heterocycles. The topological polar surface area (TPSA) is 71.8 Å². The molecule has 1 saturated carbocycles. The largest absolute Gasteiger partial charge is 0.350 e. The van der Waals surface area contributed by atoms with Crippen LogP contribution in [0.2, 0.25) is 0 Å². The Balaban J connectivity index is 1.62. The van der Waals surface area contributed by atoms with Gasteiger partial charge in [0.05, 0.1) is 24.4 Å². The lowest BCUT2D eigenvalue weighted by molar-refractivity contribution is -0.128. The molecular formula is C15H25N5O. The maximum absolute atomic E-state index is 12.6. The maximum Gasteiger partial charge on any atom is 0.225 e. The van der Waals surface area contributed by atoms with E-state index in [1.165, 1.54) is 32.1 Å². The number of nitrogens with one attached hydrogen (secondary N) is 2. The van der Waals surface area contributed by atoms with Gasteiger partial charge >= 0.3 is 0 Å². The third kappa shape index (κ3) is 2.81. The Kier molecular flexibility index (Phi) is 4.24. The average molecular weight is 291 g/mol. The van der Waals surface area contributed by atoms with Crippen LogP contribution in [0.25, 0.3) is 0 Å². The van der Waals surface area contributed by atoms with Crippen LogP contribution >= 0.6 is 0 Å². The zero-order valence-corrected chi connectivity index (χ0v) is 12.8. The van der Waals surface area contributed by atoms with Gasteiger partial charge in [0.15, 0.2) is 0 Å². The van der Waals surface area contributed by atoms with Gasteiger partial charge < -0.3 is 10.6 Å². The highest BCUT2D eigenvalue weighted by Crippen LogP contribution is 2.44. The molecule has 0 aromatic carbocycles. The second kappa shape index (κ2) is 6.13. The van der Waals surface area contributed by atoms with E-state index in [-0.39, 0.29) is 17.2 Å². The first kappa shape index (κ1) is 14.5. The predicted molar refractivity (Wildman–Crippen MR) is 79.4 cm³/mol. The second-order valence-corrected chi connectivity index (χ2v) is 6.37. The highest BCUT2D eigenvalue weighted by Gasteiger charge is 2.46. The van der Waals surface area contributed by atoms with E-state index in [4.69, 9.17) is 0 Å². The van der Waals surface area contributed by atoms with Gasteiger partial charge in [0.1, 0.15) is 0 Å². The molecule has 2 aliphatic rings. The molecule has 2 fully saturated rings. The monoisotopic (exact) mass is 291 g/mol. The first-order valence-electron chi connectivity index (χ1n) is 8.11. The molecule has 1 aromatic heterocycles. The highest BCUT2D eigenvalue weighted by atomic mass is 16.2. The standard InChI is InChI=1S/C15H25N5O/c1-2-20-12(9-18-19-20)8-17-14(21)13-10-16-11-15(13)6-4-3-5-7-15/h9,13,16H,2-8,10-11H2,1H3,(H,17,21). The van der Waals surface area contributed by atoms with Gasteiger partial charge in [0.25, 0.3) is 0 Å². The molecule has 1 aliphatic heterocycles. The third-order valence-electron chi connectivity index (χ3n) is 5.17. The lowest BCUT2D eigenvalue weighted by atomic mass is 9.67. The van der Waals surface area contributed by atoms with E-state index in [1.54, 1.807) is 6.20 Å². The summed E-state index contributed by atoms with van der Waals surface area (Å²) >= 11 is 0. The fourth-order valence-electron chi connectivity index (χ4n) is 3.94. The lowest BCUT2D eigenvalue weighted by Gasteiger charge is -2.37. The van der Waals surface area contributed by atoms with Crippen LogP contribution in [0.5, 0.6) is 0 Å². The molecule has 116 valence electrons. The minimum atomic E-state index is 0.115. The molecule has 1 amide bonds. The molecule has 1 aliphatic carbocycles. The fourth-order valence-corrected chi connectivity index (χ4v) is 3.94. The van der Waals surface area contributed by atoms with E-state index in [2.05, 4.69) is 20.9 Å². The van der Waals surface area contributed by atoms with E-state index in [0.29, 0.717) is 6.54 Å². The van der Waals surface area contributed by atoms with E-state index in [1.807, 2.05) is 11.6 Å². The number of nitrogens with zero attached hydrogens (tertiary/aromatic N) is 3. The van der Waals surface area contributed by atoms with Gasteiger partial charge in [0, 0.05) is 19.6 Å². The molecule has 0 radical (unpaired) electrons. The van der Waals surface area contributed by atoms with E-state index < -0.39 is 0 Å². The molecule has 1 unspecified atom stereocenters. The molecule has 2 N–H and O–H groups in total. The summed E-state index contributed by atoms with van der Waals surface area (Å²) in [5.41, 5.74) is 1.17. The number of amides is 1. The summed E-state index contributed by atoms with van der Waals surface area (Å²) in [7, 11) is 0. The maximum atomic E-state index is 12.6. The first-order valence-corrected chi connectivity index (χ1v) is 8.11. The summed E-state index contributed by atoms with van der Waals surface area (Å²) in [6.45, 7) is 5.14. The number of hydrogen-bond acceptors (Lipinski definition) is 4. The van der Waals surface area contributed by atoms with Crippen molar-refractivity contribution in [3.05, 3.63) is 11.9 Å². The lowest BCUT2D eigenvalue weighted by Crippen LogP contribution is -2.42.